The fraction of sp³-hybridized carbons (Fsp3) is 0. The SMILES string of the molecule is O=c1c2ccccc2ccc2cccc(-c3ccccc3N3c4ccccc4Oc4ccccc43)c12. The Labute approximate surface area is 208 Å². The maximum atomic E-state index is 13.9. The third-order valence-electron chi connectivity index (χ3n) is 6.84. The molecule has 6 aromatic rings. The van der Waals surface area contributed by atoms with Crippen LogP contribution >= 0.6 is 0 Å². The maximum absolute atomic E-state index is 13.9. The van der Waals surface area contributed by atoms with Crippen molar-refractivity contribution in [2.45, 2.75) is 0 Å². The van der Waals surface area contributed by atoms with Gasteiger partial charge in [0, 0.05) is 16.3 Å². The van der Waals surface area contributed by atoms with Gasteiger partial charge in [0.15, 0.2) is 16.9 Å². The molecule has 0 saturated heterocycles. The highest BCUT2D eigenvalue weighted by Crippen LogP contribution is 2.52. The first-order valence-electron chi connectivity index (χ1n) is 12.0. The molecule has 1 aliphatic rings. The molecule has 1 aliphatic heterocycles. The summed E-state index contributed by atoms with van der Waals surface area (Å²) in [6.07, 6.45) is 0. The molecule has 0 fully saturated rings. The number of fused-ring (bicyclic) bond motifs is 4. The number of rotatable bonds is 2. The number of nitrogens with zero attached hydrogens (tertiary/aromatic N) is 1. The summed E-state index contributed by atoms with van der Waals surface area (Å²) in [6, 6.07) is 42.4. The van der Waals surface area contributed by atoms with Crippen molar-refractivity contribution in [1.29, 1.82) is 0 Å². The lowest BCUT2D eigenvalue weighted by atomic mass is 9.96. The number of hydrogen-bond donors (Lipinski definition) is 0. The van der Waals surface area contributed by atoms with E-state index >= 15 is 0 Å². The Morgan fingerprint density at radius 3 is 1.81 bits per heavy atom. The van der Waals surface area contributed by atoms with Crippen LogP contribution in [-0.4, -0.2) is 0 Å². The lowest BCUT2D eigenvalue weighted by Gasteiger charge is -2.34. The van der Waals surface area contributed by atoms with Crippen LogP contribution in [0.15, 0.2) is 132 Å². The van der Waals surface area contributed by atoms with E-state index in [0.29, 0.717) is 0 Å². The molecule has 6 aromatic carbocycles. The number of ether oxygens (including phenoxy) is 1. The molecule has 7 rings (SSSR count). The van der Waals surface area contributed by atoms with Crippen LogP contribution in [0.2, 0.25) is 0 Å². The van der Waals surface area contributed by atoms with Gasteiger partial charge in [-0.1, -0.05) is 97.1 Å². The second-order valence-corrected chi connectivity index (χ2v) is 8.91. The molecule has 0 spiro atoms. The van der Waals surface area contributed by atoms with Gasteiger partial charge in [-0.15, -0.1) is 0 Å². The lowest BCUT2D eigenvalue weighted by molar-refractivity contribution is 0.477. The predicted octanol–water partition coefficient (Wildman–Crippen LogP) is 8.60. The molecule has 0 radical (unpaired) electrons. The molecule has 36 heavy (non-hydrogen) atoms. The largest absolute Gasteiger partial charge is 0.453 e. The molecule has 0 unspecified atom stereocenters. The summed E-state index contributed by atoms with van der Waals surface area (Å²) in [6.45, 7) is 0. The van der Waals surface area contributed by atoms with E-state index in [1.165, 1.54) is 0 Å². The molecule has 0 aliphatic carbocycles. The normalized spacial score (nSPS) is 12.2. The van der Waals surface area contributed by atoms with Crippen molar-refractivity contribution >= 4 is 38.6 Å². The fourth-order valence-electron chi connectivity index (χ4n) is 5.21. The molecular weight excluding hydrogens is 442 g/mol. The Hall–Kier alpha value is -4.89. The molecule has 3 nitrogen and oxygen atoms in total. The van der Waals surface area contributed by atoms with E-state index in [4.69, 9.17) is 4.74 Å². The van der Waals surface area contributed by atoms with Gasteiger partial charge in [0.25, 0.3) is 0 Å². The van der Waals surface area contributed by atoms with Crippen molar-refractivity contribution in [2.24, 2.45) is 0 Å². The minimum Gasteiger partial charge on any atom is -0.453 e. The van der Waals surface area contributed by atoms with Crippen molar-refractivity contribution in [1.82, 2.24) is 0 Å². The van der Waals surface area contributed by atoms with E-state index in [-0.39, 0.29) is 5.43 Å². The summed E-state index contributed by atoms with van der Waals surface area (Å²) in [4.78, 5) is 16.2. The molecule has 3 heteroatoms. The van der Waals surface area contributed by atoms with Gasteiger partial charge in [0.2, 0.25) is 0 Å². The highest BCUT2D eigenvalue weighted by atomic mass is 16.5. The Morgan fingerprint density at radius 2 is 1.03 bits per heavy atom. The molecule has 0 amide bonds. The van der Waals surface area contributed by atoms with Gasteiger partial charge in [0.05, 0.1) is 17.1 Å². The molecule has 0 aromatic heterocycles. The fourth-order valence-corrected chi connectivity index (χ4v) is 5.21. The van der Waals surface area contributed by atoms with Crippen LogP contribution in [0.1, 0.15) is 0 Å². The third kappa shape index (κ3) is 3.10. The quantitative estimate of drug-likeness (QED) is 0.257. The van der Waals surface area contributed by atoms with Crippen LogP contribution in [0.25, 0.3) is 32.7 Å². The Bertz CT molecular complexity index is 1810. The molecule has 170 valence electrons. The summed E-state index contributed by atoms with van der Waals surface area (Å²) in [5.41, 5.74) is 4.85. The zero-order valence-electron chi connectivity index (χ0n) is 19.4. The van der Waals surface area contributed by atoms with Crippen LogP contribution in [0.4, 0.5) is 17.1 Å². The molecular formula is C33H21NO2. The topological polar surface area (TPSA) is 29.5 Å². The van der Waals surface area contributed by atoms with Crippen molar-refractivity contribution in [3.8, 4) is 22.6 Å². The summed E-state index contributed by atoms with van der Waals surface area (Å²) >= 11 is 0. The number of para-hydroxylation sites is 5. The van der Waals surface area contributed by atoms with Crippen LogP contribution in [0, 0.1) is 0 Å². The van der Waals surface area contributed by atoms with E-state index in [1.807, 2.05) is 97.1 Å². The van der Waals surface area contributed by atoms with Crippen molar-refractivity contribution in [3.05, 3.63) is 138 Å². The standard InChI is InChI=1S/C33H21NO2/c35-33-24-12-2-1-10-22(24)20-21-23-11-9-14-26(32(23)33)25-13-3-4-15-27(25)34-28-16-5-7-18-30(28)36-31-19-8-6-17-29(31)34/h1-21H. The average Bonchev–Trinajstić information content (AvgIpc) is 3.08. The minimum absolute atomic E-state index is 0.0405. The zero-order chi connectivity index (χ0) is 24.1. The second-order valence-electron chi connectivity index (χ2n) is 8.91. The smallest absolute Gasteiger partial charge is 0.194 e. The molecule has 0 N–H and O–H groups in total. The Balaban J connectivity index is 1.56. The summed E-state index contributed by atoms with van der Waals surface area (Å²) in [5, 5.41) is 3.31. The van der Waals surface area contributed by atoms with Gasteiger partial charge >= 0.3 is 0 Å². The van der Waals surface area contributed by atoms with Gasteiger partial charge in [-0.2, -0.15) is 0 Å². The van der Waals surface area contributed by atoms with Crippen molar-refractivity contribution in [2.75, 3.05) is 4.90 Å². The van der Waals surface area contributed by atoms with Crippen molar-refractivity contribution < 1.29 is 4.74 Å². The van der Waals surface area contributed by atoms with Gasteiger partial charge in [-0.05, 0) is 46.7 Å². The van der Waals surface area contributed by atoms with Gasteiger partial charge in [0.1, 0.15) is 0 Å². The zero-order valence-corrected chi connectivity index (χ0v) is 19.4. The molecule has 0 saturated carbocycles. The summed E-state index contributed by atoms with van der Waals surface area (Å²) < 4.78 is 6.23. The van der Waals surface area contributed by atoms with E-state index in [9.17, 15) is 4.79 Å². The van der Waals surface area contributed by atoms with Crippen LogP contribution in [0.5, 0.6) is 11.5 Å². The number of benzene rings is 5. The number of anilines is 3. The molecule has 0 atom stereocenters. The van der Waals surface area contributed by atoms with Crippen LogP contribution < -0.4 is 15.1 Å². The Kier molecular flexibility index (Phi) is 4.61. The van der Waals surface area contributed by atoms with Crippen molar-refractivity contribution in [3.63, 3.8) is 0 Å². The highest BCUT2D eigenvalue weighted by molar-refractivity contribution is 6.05. The molecule has 0 bridgehead atoms. The van der Waals surface area contributed by atoms with Gasteiger partial charge < -0.3 is 9.64 Å². The molecule has 1 heterocycles. The second kappa shape index (κ2) is 8.10. The monoisotopic (exact) mass is 463 g/mol. The summed E-state index contributed by atoms with van der Waals surface area (Å²) in [5.74, 6) is 1.59. The van der Waals surface area contributed by atoms with E-state index < -0.39 is 0 Å². The van der Waals surface area contributed by atoms with E-state index in [2.05, 4.69) is 35.2 Å². The average molecular weight is 464 g/mol. The van der Waals surface area contributed by atoms with E-state index in [0.717, 1.165) is 61.2 Å². The maximum Gasteiger partial charge on any atom is 0.194 e. The summed E-state index contributed by atoms with van der Waals surface area (Å²) in [7, 11) is 0. The Morgan fingerprint density at radius 1 is 0.472 bits per heavy atom. The highest BCUT2D eigenvalue weighted by Gasteiger charge is 2.27. The van der Waals surface area contributed by atoms with Crippen LogP contribution in [-0.2, 0) is 0 Å². The number of hydrogen-bond acceptors (Lipinski definition) is 3. The third-order valence-corrected chi connectivity index (χ3v) is 6.84. The first-order chi connectivity index (χ1) is 17.8. The van der Waals surface area contributed by atoms with E-state index in [1.54, 1.807) is 0 Å². The predicted molar refractivity (Wildman–Crippen MR) is 148 cm³/mol. The van der Waals surface area contributed by atoms with Gasteiger partial charge in [-0.3, -0.25) is 4.79 Å². The first-order valence-corrected chi connectivity index (χ1v) is 12.0. The lowest BCUT2D eigenvalue weighted by Crippen LogP contribution is -2.16. The van der Waals surface area contributed by atoms with Gasteiger partial charge in [-0.25, -0.2) is 0 Å². The van der Waals surface area contributed by atoms with Crippen LogP contribution in [0.3, 0.4) is 0 Å². The minimum atomic E-state index is 0.0405. The first kappa shape index (κ1) is 20.5.